The van der Waals surface area contributed by atoms with Crippen LogP contribution in [-0.4, -0.2) is 33.7 Å². The smallest absolute Gasteiger partial charge is 0.342 e. The topological polar surface area (TPSA) is 143 Å². The Labute approximate surface area is 171 Å². The quantitative estimate of drug-likeness (QED) is 0.540. The maximum absolute atomic E-state index is 14.7. The summed E-state index contributed by atoms with van der Waals surface area (Å²) >= 11 is 0. The molecule has 1 aliphatic carbocycles. The average molecular weight is 418 g/mol. The van der Waals surface area contributed by atoms with Crippen LogP contribution >= 0.6 is 0 Å². The fourth-order valence-electron chi connectivity index (χ4n) is 3.84. The second-order valence-electron chi connectivity index (χ2n) is 7.43. The highest BCUT2D eigenvalue weighted by Crippen LogP contribution is 2.31. The van der Waals surface area contributed by atoms with Gasteiger partial charge in [0.05, 0.1) is 6.61 Å². The second-order valence-corrected chi connectivity index (χ2v) is 7.43. The number of rotatable bonds is 7. The third-order valence-corrected chi connectivity index (χ3v) is 5.35. The minimum atomic E-state index is -1.64. The predicted octanol–water partition coefficient (Wildman–Crippen LogP) is 3.26. The van der Waals surface area contributed by atoms with Crippen LogP contribution in [0.2, 0.25) is 0 Å². The number of carboxylic acids is 2. The predicted molar refractivity (Wildman–Crippen MR) is 107 cm³/mol. The highest BCUT2D eigenvalue weighted by Gasteiger charge is 2.27. The lowest BCUT2D eigenvalue weighted by Gasteiger charge is -2.21. The van der Waals surface area contributed by atoms with E-state index < -0.39 is 45.8 Å². The van der Waals surface area contributed by atoms with Gasteiger partial charge in [-0.05, 0) is 30.4 Å². The number of halogens is 1. The fourth-order valence-corrected chi connectivity index (χ4v) is 3.84. The number of hydrogen-bond acceptors (Lipinski definition) is 5. The Kier molecular flexibility index (Phi) is 6.51. The molecule has 0 radical (unpaired) electrons. The first kappa shape index (κ1) is 21.5. The number of aromatic amines is 1. The van der Waals surface area contributed by atoms with Crippen LogP contribution in [0.3, 0.4) is 0 Å². The van der Waals surface area contributed by atoms with Gasteiger partial charge in [0.25, 0.3) is 5.56 Å². The van der Waals surface area contributed by atoms with E-state index in [1.54, 1.807) is 0 Å². The number of benzene rings is 1. The number of carboxylic acid groups (broad SMARTS) is 2. The third-order valence-electron chi connectivity index (χ3n) is 5.35. The molecule has 5 N–H and O–H groups in total. The van der Waals surface area contributed by atoms with E-state index in [1.165, 1.54) is 31.4 Å². The molecule has 1 aromatic heterocycles. The van der Waals surface area contributed by atoms with Crippen LogP contribution in [0.15, 0.2) is 23.0 Å². The zero-order chi connectivity index (χ0) is 21.8. The lowest BCUT2D eigenvalue weighted by Crippen LogP contribution is -2.24. The fraction of sp³-hybridized carbons (Fsp3) is 0.381. The van der Waals surface area contributed by atoms with Crippen LogP contribution in [0.5, 0.6) is 0 Å². The molecule has 1 fully saturated rings. The average Bonchev–Trinajstić information content (AvgIpc) is 2.68. The maximum Gasteiger partial charge on any atom is 0.342 e. The van der Waals surface area contributed by atoms with Crippen molar-refractivity contribution in [2.24, 2.45) is 5.92 Å². The molecule has 1 heterocycles. The van der Waals surface area contributed by atoms with E-state index in [-0.39, 0.29) is 17.7 Å². The van der Waals surface area contributed by atoms with Crippen LogP contribution in [0.25, 0.3) is 11.1 Å². The number of ether oxygens (including phenoxy) is 1. The van der Waals surface area contributed by atoms with Crippen LogP contribution in [-0.2, 0) is 11.3 Å². The van der Waals surface area contributed by atoms with E-state index in [0.29, 0.717) is 12.5 Å². The van der Waals surface area contributed by atoms with Crippen molar-refractivity contribution >= 4 is 17.8 Å². The van der Waals surface area contributed by atoms with E-state index >= 15 is 0 Å². The van der Waals surface area contributed by atoms with Gasteiger partial charge in [-0.15, -0.1) is 0 Å². The summed E-state index contributed by atoms with van der Waals surface area (Å²) in [6, 6.07) is 3.74. The molecule has 3 rings (SSSR count). The largest absolute Gasteiger partial charge is 0.478 e. The molecular weight excluding hydrogens is 395 g/mol. The number of pyridine rings is 1. The van der Waals surface area contributed by atoms with E-state index in [9.17, 15) is 29.0 Å². The number of nitrogen functional groups attached to an aromatic ring is 1. The summed E-state index contributed by atoms with van der Waals surface area (Å²) in [7, 11) is 0. The first-order valence-corrected chi connectivity index (χ1v) is 9.68. The Morgan fingerprint density at radius 3 is 2.40 bits per heavy atom. The summed E-state index contributed by atoms with van der Waals surface area (Å²) in [5, 5.41) is 18.9. The number of nitrogens with two attached hydrogens (primary N) is 1. The van der Waals surface area contributed by atoms with Gasteiger partial charge >= 0.3 is 11.9 Å². The standard InChI is InChI=1S/C21H23FN2O6/c22-14-8-12(6-7-13(14)10-30-9-11-4-2-1-3-5-11)15-16(20(26)27)18(23)24-19(25)17(15)21(28)29/h6-8,11H,1-5,9-10H2,(H,26,27)(H,28,29)(H3,23,24,25). The molecule has 0 saturated heterocycles. The Morgan fingerprint density at radius 2 is 1.80 bits per heavy atom. The number of hydrogen-bond donors (Lipinski definition) is 4. The lowest BCUT2D eigenvalue weighted by atomic mass is 9.90. The molecule has 0 amide bonds. The van der Waals surface area contributed by atoms with Crippen LogP contribution in [0.1, 0.15) is 58.4 Å². The molecule has 0 atom stereocenters. The van der Waals surface area contributed by atoms with Gasteiger partial charge in [-0.1, -0.05) is 31.4 Å². The summed E-state index contributed by atoms with van der Waals surface area (Å²) in [5.41, 5.74) is 2.84. The van der Waals surface area contributed by atoms with Crippen molar-refractivity contribution < 1.29 is 28.9 Å². The molecule has 1 saturated carbocycles. The monoisotopic (exact) mass is 418 g/mol. The Balaban J connectivity index is 1.91. The molecule has 8 nitrogen and oxygen atoms in total. The number of H-pyrrole nitrogens is 1. The van der Waals surface area contributed by atoms with Gasteiger partial charge < -0.3 is 25.7 Å². The van der Waals surface area contributed by atoms with Gasteiger partial charge in [-0.25, -0.2) is 14.0 Å². The van der Waals surface area contributed by atoms with Crippen LogP contribution < -0.4 is 11.3 Å². The molecular formula is C21H23FN2O6. The summed E-state index contributed by atoms with van der Waals surface area (Å²) < 4.78 is 20.3. The minimum absolute atomic E-state index is 0.0394. The Bertz CT molecular complexity index is 1030. The molecule has 0 unspecified atom stereocenters. The van der Waals surface area contributed by atoms with Crippen molar-refractivity contribution in [1.29, 1.82) is 0 Å². The first-order valence-electron chi connectivity index (χ1n) is 9.68. The minimum Gasteiger partial charge on any atom is -0.478 e. The van der Waals surface area contributed by atoms with Crippen molar-refractivity contribution in [3.8, 4) is 11.1 Å². The van der Waals surface area contributed by atoms with Crippen molar-refractivity contribution in [1.82, 2.24) is 4.98 Å². The van der Waals surface area contributed by atoms with E-state index in [0.717, 1.165) is 18.9 Å². The van der Waals surface area contributed by atoms with E-state index in [4.69, 9.17) is 10.5 Å². The zero-order valence-electron chi connectivity index (χ0n) is 16.2. The van der Waals surface area contributed by atoms with Crippen molar-refractivity contribution in [3.63, 3.8) is 0 Å². The van der Waals surface area contributed by atoms with Crippen molar-refractivity contribution in [2.75, 3.05) is 12.3 Å². The van der Waals surface area contributed by atoms with Gasteiger partial charge in [0.2, 0.25) is 0 Å². The molecule has 0 aliphatic heterocycles. The third kappa shape index (κ3) is 4.51. The van der Waals surface area contributed by atoms with Crippen molar-refractivity contribution in [3.05, 3.63) is 51.1 Å². The number of nitrogens with one attached hydrogen (secondary N) is 1. The molecule has 2 aromatic rings. The lowest BCUT2D eigenvalue weighted by molar-refractivity contribution is 0.0695. The van der Waals surface area contributed by atoms with Gasteiger partial charge in [0, 0.05) is 17.7 Å². The molecule has 160 valence electrons. The molecule has 0 bridgehead atoms. The van der Waals surface area contributed by atoms with Crippen LogP contribution in [0, 0.1) is 11.7 Å². The molecule has 9 heteroatoms. The molecule has 1 aromatic carbocycles. The molecule has 0 spiro atoms. The number of carbonyl (C=O) groups is 2. The second kappa shape index (κ2) is 9.08. The maximum atomic E-state index is 14.7. The van der Waals surface area contributed by atoms with E-state index in [2.05, 4.69) is 0 Å². The summed E-state index contributed by atoms with van der Waals surface area (Å²) in [5.74, 6) is -3.91. The summed E-state index contributed by atoms with van der Waals surface area (Å²) in [6.07, 6.45) is 5.78. The summed E-state index contributed by atoms with van der Waals surface area (Å²) in [4.78, 5) is 37.3. The van der Waals surface area contributed by atoms with Gasteiger partial charge in [0.15, 0.2) is 0 Å². The van der Waals surface area contributed by atoms with Gasteiger partial charge in [0.1, 0.15) is 22.8 Å². The van der Waals surface area contributed by atoms with Gasteiger partial charge in [-0.3, -0.25) is 4.79 Å². The van der Waals surface area contributed by atoms with Crippen molar-refractivity contribution in [2.45, 2.75) is 38.7 Å². The highest BCUT2D eigenvalue weighted by atomic mass is 19.1. The normalized spacial score (nSPS) is 14.6. The number of aromatic carboxylic acids is 2. The molecule has 30 heavy (non-hydrogen) atoms. The highest BCUT2D eigenvalue weighted by molar-refractivity contribution is 6.07. The Morgan fingerprint density at radius 1 is 1.13 bits per heavy atom. The Hall–Kier alpha value is -3.20. The molecule has 1 aliphatic rings. The van der Waals surface area contributed by atoms with Gasteiger partial charge in [-0.2, -0.15) is 0 Å². The van der Waals surface area contributed by atoms with Crippen LogP contribution in [0.4, 0.5) is 10.2 Å². The first-order chi connectivity index (χ1) is 14.3. The number of aromatic nitrogens is 1. The zero-order valence-corrected chi connectivity index (χ0v) is 16.2. The number of anilines is 1. The summed E-state index contributed by atoms with van der Waals surface area (Å²) in [6.45, 7) is 0.579. The SMILES string of the molecule is Nc1[nH]c(=O)c(C(=O)O)c(-c2ccc(COCC3CCCCC3)c(F)c2)c1C(=O)O. The van der Waals surface area contributed by atoms with E-state index in [1.807, 2.05) is 4.98 Å².